The van der Waals surface area contributed by atoms with Crippen LogP contribution >= 0.6 is 0 Å². The summed E-state index contributed by atoms with van der Waals surface area (Å²) in [6, 6.07) is 0.135. The van der Waals surface area contributed by atoms with E-state index in [0.717, 1.165) is 19.4 Å². The van der Waals surface area contributed by atoms with E-state index in [2.05, 4.69) is 0 Å². The number of nitrogens with two attached hydrogens (primary N) is 1. The van der Waals surface area contributed by atoms with Crippen LogP contribution in [0.15, 0.2) is 0 Å². The zero-order chi connectivity index (χ0) is 12.1. The Morgan fingerprint density at radius 2 is 2.19 bits per heavy atom. The van der Waals surface area contributed by atoms with Crippen molar-refractivity contribution >= 4 is 5.91 Å². The maximum absolute atomic E-state index is 11.8. The maximum Gasteiger partial charge on any atom is 0.222 e. The number of rotatable bonds is 6. The molecule has 0 saturated heterocycles. The van der Waals surface area contributed by atoms with E-state index in [0.29, 0.717) is 25.0 Å². The van der Waals surface area contributed by atoms with Gasteiger partial charge in [0.1, 0.15) is 0 Å². The number of hydrogen-bond donors (Lipinski definition) is 1. The highest BCUT2D eigenvalue weighted by Gasteiger charge is 2.32. The molecule has 2 N–H and O–H groups in total. The van der Waals surface area contributed by atoms with E-state index in [-0.39, 0.29) is 11.9 Å². The Balaban J connectivity index is 2.21. The number of amides is 1. The average molecular weight is 228 g/mol. The fraction of sp³-hybridized carbons (Fsp3) is 0.917. The second-order valence-electron chi connectivity index (χ2n) is 4.71. The second-order valence-corrected chi connectivity index (χ2v) is 4.71. The van der Waals surface area contributed by atoms with Gasteiger partial charge >= 0.3 is 0 Å². The standard InChI is InChI=1S/C12H24N2O2/c1-4-16-11-5-10(6-11)7-12(15)14(3)9(2)8-13/h9-11H,4-8,13H2,1-3H3. The van der Waals surface area contributed by atoms with Gasteiger partial charge in [-0.1, -0.05) is 0 Å². The molecule has 4 heteroatoms. The summed E-state index contributed by atoms with van der Waals surface area (Å²) in [7, 11) is 1.83. The molecular weight excluding hydrogens is 204 g/mol. The number of ether oxygens (including phenoxy) is 1. The molecule has 1 fully saturated rings. The third-order valence-electron chi connectivity index (χ3n) is 3.45. The predicted molar refractivity (Wildman–Crippen MR) is 64.0 cm³/mol. The molecule has 0 aromatic heterocycles. The van der Waals surface area contributed by atoms with Crippen LogP contribution in [0.4, 0.5) is 0 Å². The lowest BCUT2D eigenvalue weighted by molar-refractivity contribution is -0.134. The molecule has 0 heterocycles. The third kappa shape index (κ3) is 3.46. The Morgan fingerprint density at radius 1 is 1.56 bits per heavy atom. The number of carbonyl (C=O) groups is 1. The highest BCUT2D eigenvalue weighted by Crippen LogP contribution is 2.33. The number of likely N-dealkylation sites (N-methyl/N-ethyl adjacent to an activating group) is 1. The summed E-state index contributed by atoms with van der Waals surface area (Å²) < 4.78 is 5.47. The van der Waals surface area contributed by atoms with Crippen molar-refractivity contribution in [3.63, 3.8) is 0 Å². The van der Waals surface area contributed by atoms with Gasteiger partial charge in [-0.15, -0.1) is 0 Å². The van der Waals surface area contributed by atoms with Gasteiger partial charge in [0.25, 0.3) is 0 Å². The van der Waals surface area contributed by atoms with Crippen LogP contribution in [-0.4, -0.2) is 43.2 Å². The Kier molecular flexibility index (Phi) is 5.22. The van der Waals surface area contributed by atoms with Crippen LogP contribution in [0.3, 0.4) is 0 Å². The number of nitrogens with zero attached hydrogens (tertiary/aromatic N) is 1. The van der Waals surface area contributed by atoms with Crippen LogP contribution in [-0.2, 0) is 9.53 Å². The van der Waals surface area contributed by atoms with Gasteiger partial charge in [-0.3, -0.25) is 4.79 Å². The van der Waals surface area contributed by atoms with Gasteiger partial charge in [0.2, 0.25) is 5.91 Å². The van der Waals surface area contributed by atoms with E-state index in [1.165, 1.54) is 0 Å². The van der Waals surface area contributed by atoms with Crippen LogP contribution in [0, 0.1) is 5.92 Å². The lowest BCUT2D eigenvalue weighted by Crippen LogP contribution is -2.42. The van der Waals surface area contributed by atoms with Crippen LogP contribution in [0.2, 0.25) is 0 Å². The Hall–Kier alpha value is -0.610. The third-order valence-corrected chi connectivity index (χ3v) is 3.45. The molecule has 1 amide bonds. The Labute approximate surface area is 98.1 Å². The molecule has 94 valence electrons. The summed E-state index contributed by atoms with van der Waals surface area (Å²) in [5.41, 5.74) is 5.54. The molecule has 4 nitrogen and oxygen atoms in total. The summed E-state index contributed by atoms with van der Waals surface area (Å²) >= 11 is 0. The molecule has 0 aliphatic heterocycles. The van der Waals surface area contributed by atoms with Gasteiger partial charge in [0.05, 0.1) is 6.10 Å². The van der Waals surface area contributed by atoms with Crippen molar-refractivity contribution < 1.29 is 9.53 Å². The van der Waals surface area contributed by atoms with Gasteiger partial charge in [-0.25, -0.2) is 0 Å². The van der Waals surface area contributed by atoms with Crippen molar-refractivity contribution in [2.45, 2.75) is 45.3 Å². The highest BCUT2D eigenvalue weighted by molar-refractivity contribution is 5.76. The smallest absolute Gasteiger partial charge is 0.222 e. The fourth-order valence-electron chi connectivity index (χ4n) is 2.01. The zero-order valence-electron chi connectivity index (χ0n) is 10.6. The van der Waals surface area contributed by atoms with Gasteiger partial charge in [-0.2, -0.15) is 0 Å². The van der Waals surface area contributed by atoms with Crippen LogP contribution in [0.25, 0.3) is 0 Å². The van der Waals surface area contributed by atoms with Crippen molar-refractivity contribution in [2.75, 3.05) is 20.2 Å². The normalized spacial score (nSPS) is 26.0. The average Bonchev–Trinajstić information content (AvgIpc) is 2.23. The monoisotopic (exact) mass is 228 g/mol. The minimum atomic E-state index is 0.135. The van der Waals surface area contributed by atoms with Crippen molar-refractivity contribution in [2.24, 2.45) is 11.7 Å². The van der Waals surface area contributed by atoms with E-state index in [1.807, 2.05) is 20.9 Å². The first kappa shape index (κ1) is 13.5. The van der Waals surface area contributed by atoms with Crippen LogP contribution in [0.1, 0.15) is 33.1 Å². The fourth-order valence-corrected chi connectivity index (χ4v) is 2.01. The van der Waals surface area contributed by atoms with Gasteiger partial charge in [0, 0.05) is 32.7 Å². The SMILES string of the molecule is CCOC1CC(CC(=O)N(C)C(C)CN)C1. The minimum absolute atomic E-state index is 0.135. The quantitative estimate of drug-likeness (QED) is 0.738. The largest absolute Gasteiger partial charge is 0.378 e. The molecule has 1 rings (SSSR count). The summed E-state index contributed by atoms with van der Waals surface area (Å²) in [6.07, 6.45) is 3.10. The summed E-state index contributed by atoms with van der Waals surface area (Å²) in [6.45, 7) is 5.28. The Bertz CT molecular complexity index is 227. The lowest BCUT2D eigenvalue weighted by Gasteiger charge is -2.36. The molecule has 1 aliphatic rings. The van der Waals surface area contributed by atoms with Gasteiger partial charge in [-0.05, 0) is 32.6 Å². The first-order valence-corrected chi connectivity index (χ1v) is 6.15. The van der Waals surface area contributed by atoms with E-state index in [4.69, 9.17) is 10.5 Å². The highest BCUT2D eigenvalue weighted by atomic mass is 16.5. The molecule has 16 heavy (non-hydrogen) atoms. The van der Waals surface area contributed by atoms with Crippen molar-refractivity contribution in [3.8, 4) is 0 Å². The summed E-state index contributed by atoms with van der Waals surface area (Å²) in [4.78, 5) is 13.6. The molecular formula is C12H24N2O2. The van der Waals surface area contributed by atoms with E-state index >= 15 is 0 Å². The molecule has 1 aliphatic carbocycles. The minimum Gasteiger partial charge on any atom is -0.378 e. The zero-order valence-corrected chi connectivity index (χ0v) is 10.6. The van der Waals surface area contributed by atoms with Crippen molar-refractivity contribution in [1.29, 1.82) is 0 Å². The molecule has 0 aromatic carbocycles. The molecule has 0 bridgehead atoms. The topological polar surface area (TPSA) is 55.6 Å². The lowest BCUT2D eigenvalue weighted by atomic mass is 9.79. The molecule has 0 spiro atoms. The maximum atomic E-state index is 11.8. The molecule has 0 aromatic rings. The summed E-state index contributed by atoms with van der Waals surface area (Å²) in [5.74, 6) is 0.717. The molecule has 1 atom stereocenters. The van der Waals surface area contributed by atoms with E-state index in [9.17, 15) is 4.79 Å². The Morgan fingerprint density at radius 3 is 2.69 bits per heavy atom. The van der Waals surface area contributed by atoms with Crippen molar-refractivity contribution in [1.82, 2.24) is 4.90 Å². The van der Waals surface area contributed by atoms with E-state index in [1.54, 1.807) is 4.90 Å². The number of hydrogen-bond acceptors (Lipinski definition) is 3. The molecule has 0 radical (unpaired) electrons. The first-order chi connectivity index (χ1) is 7.58. The summed E-state index contributed by atoms with van der Waals surface area (Å²) in [5, 5.41) is 0. The van der Waals surface area contributed by atoms with Crippen molar-refractivity contribution in [3.05, 3.63) is 0 Å². The van der Waals surface area contributed by atoms with Gasteiger partial charge < -0.3 is 15.4 Å². The first-order valence-electron chi connectivity index (χ1n) is 6.15. The van der Waals surface area contributed by atoms with Crippen LogP contribution in [0.5, 0.6) is 0 Å². The molecule has 1 unspecified atom stereocenters. The number of carbonyl (C=O) groups excluding carboxylic acids is 1. The van der Waals surface area contributed by atoms with E-state index < -0.39 is 0 Å². The molecule has 1 saturated carbocycles. The predicted octanol–water partition coefficient (Wildman–Crippen LogP) is 0.997. The van der Waals surface area contributed by atoms with Crippen LogP contribution < -0.4 is 5.73 Å². The van der Waals surface area contributed by atoms with Gasteiger partial charge in [0.15, 0.2) is 0 Å². The second kappa shape index (κ2) is 6.21.